The van der Waals surface area contributed by atoms with Gasteiger partial charge in [0.25, 0.3) is 0 Å². The molecule has 0 atom stereocenters. The van der Waals surface area contributed by atoms with Gasteiger partial charge in [0.1, 0.15) is 5.75 Å². The predicted molar refractivity (Wildman–Crippen MR) is 74.6 cm³/mol. The van der Waals surface area contributed by atoms with Crippen molar-refractivity contribution in [3.8, 4) is 11.8 Å². The first-order valence-corrected chi connectivity index (χ1v) is 6.72. The van der Waals surface area contributed by atoms with Gasteiger partial charge in [-0.05, 0) is 36.5 Å². The van der Waals surface area contributed by atoms with Crippen molar-refractivity contribution in [3.63, 3.8) is 0 Å². The smallest absolute Gasteiger partial charge is 0.119 e. The monoisotopic (exact) mass is 245 g/mol. The van der Waals surface area contributed by atoms with E-state index in [0.29, 0.717) is 5.92 Å². The maximum Gasteiger partial charge on any atom is 0.119 e. The maximum absolute atomic E-state index is 9.39. The summed E-state index contributed by atoms with van der Waals surface area (Å²) in [6.45, 7) is 9.11. The zero-order chi connectivity index (χ0) is 13.6. The minimum Gasteiger partial charge on any atom is -0.493 e. The second-order valence-electron chi connectivity index (χ2n) is 5.13. The van der Waals surface area contributed by atoms with Gasteiger partial charge in [0.05, 0.1) is 18.1 Å². The summed E-state index contributed by atoms with van der Waals surface area (Å²) in [5, 5.41) is 9.39. The molecule has 0 unspecified atom stereocenters. The Kier molecular flexibility index (Phi) is 5.22. The molecule has 0 bridgehead atoms. The van der Waals surface area contributed by atoms with Crippen LogP contribution in [0.2, 0.25) is 0 Å². The van der Waals surface area contributed by atoms with E-state index in [0.717, 1.165) is 30.8 Å². The SMILES string of the molecule is CCC(C#N)(CC)c1ccc(OCC(C)C)cc1. The summed E-state index contributed by atoms with van der Waals surface area (Å²) in [6.07, 6.45) is 1.68. The Morgan fingerprint density at radius 2 is 1.72 bits per heavy atom. The average molecular weight is 245 g/mol. The normalized spacial score (nSPS) is 11.3. The lowest BCUT2D eigenvalue weighted by Gasteiger charge is -2.24. The van der Waals surface area contributed by atoms with Crippen LogP contribution in [-0.4, -0.2) is 6.61 Å². The van der Waals surface area contributed by atoms with E-state index in [1.54, 1.807) is 0 Å². The van der Waals surface area contributed by atoms with E-state index in [9.17, 15) is 5.26 Å². The molecule has 0 aliphatic rings. The molecule has 0 radical (unpaired) electrons. The van der Waals surface area contributed by atoms with Crippen molar-refractivity contribution < 1.29 is 4.74 Å². The number of hydrogen-bond donors (Lipinski definition) is 0. The number of nitriles is 1. The quantitative estimate of drug-likeness (QED) is 0.748. The third kappa shape index (κ3) is 3.26. The molecule has 2 nitrogen and oxygen atoms in total. The molecule has 0 N–H and O–H groups in total. The van der Waals surface area contributed by atoms with Crippen molar-refractivity contribution in [2.45, 2.75) is 46.0 Å². The fraction of sp³-hybridized carbons (Fsp3) is 0.562. The lowest BCUT2D eigenvalue weighted by molar-refractivity contribution is 0.271. The molecular formula is C16H23NO. The Hall–Kier alpha value is -1.49. The first-order chi connectivity index (χ1) is 8.57. The van der Waals surface area contributed by atoms with E-state index in [1.165, 1.54) is 0 Å². The molecule has 0 aliphatic heterocycles. The molecule has 0 aromatic heterocycles. The summed E-state index contributed by atoms with van der Waals surface area (Å²) in [7, 11) is 0. The lowest BCUT2D eigenvalue weighted by atomic mass is 9.77. The van der Waals surface area contributed by atoms with Crippen LogP contribution >= 0.6 is 0 Å². The van der Waals surface area contributed by atoms with E-state index in [1.807, 2.05) is 24.3 Å². The van der Waals surface area contributed by atoms with Crippen molar-refractivity contribution >= 4 is 0 Å². The van der Waals surface area contributed by atoms with Crippen molar-refractivity contribution in [1.29, 1.82) is 5.26 Å². The average Bonchev–Trinajstić information content (AvgIpc) is 2.40. The van der Waals surface area contributed by atoms with Crippen LogP contribution in [0.15, 0.2) is 24.3 Å². The third-order valence-corrected chi connectivity index (χ3v) is 3.41. The highest BCUT2D eigenvalue weighted by atomic mass is 16.5. The zero-order valence-corrected chi connectivity index (χ0v) is 11.9. The van der Waals surface area contributed by atoms with Crippen LogP contribution in [0.25, 0.3) is 0 Å². The molecule has 0 spiro atoms. The first kappa shape index (κ1) is 14.6. The summed E-state index contributed by atoms with van der Waals surface area (Å²) < 4.78 is 5.65. The summed E-state index contributed by atoms with van der Waals surface area (Å²) >= 11 is 0. The van der Waals surface area contributed by atoms with Crippen LogP contribution in [0.1, 0.15) is 46.1 Å². The minimum atomic E-state index is -0.351. The number of nitrogens with zero attached hydrogens (tertiary/aromatic N) is 1. The lowest BCUT2D eigenvalue weighted by Crippen LogP contribution is -2.21. The van der Waals surface area contributed by atoms with E-state index in [4.69, 9.17) is 4.74 Å². The van der Waals surface area contributed by atoms with Crippen LogP contribution in [0, 0.1) is 17.2 Å². The van der Waals surface area contributed by atoms with Crippen molar-refractivity contribution in [1.82, 2.24) is 0 Å². The standard InChI is InChI=1S/C16H23NO/c1-5-16(6-2,12-17)14-7-9-15(10-8-14)18-11-13(3)4/h7-10,13H,5-6,11H2,1-4H3. The van der Waals surface area contributed by atoms with Crippen molar-refractivity contribution in [2.24, 2.45) is 5.92 Å². The molecule has 0 fully saturated rings. The molecule has 0 amide bonds. The van der Waals surface area contributed by atoms with Gasteiger partial charge in [-0.25, -0.2) is 0 Å². The van der Waals surface area contributed by atoms with Gasteiger partial charge in [-0.1, -0.05) is 39.8 Å². The fourth-order valence-electron chi connectivity index (χ4n) is 2.01. The molecule has 1 aromatic carbocycles. The second-order valence-corrected chi connectivity index (χ2v) is 5.13. The third-order valence-electron chi connectivity index (χ3n) is 3.41. The van der Waals surface area contributed by atoms with Crippen molar-refractivity contribution in [3.05, 3.63) is 29.8 Å². The number of ether oxygens (including phenoxy) is 1. The molecule has 0 saturated carbocycles. The fourth-order valence-corrected chi connectivity index (χ4v) is 2.01. The largest absolute Gasteiger partial charge is 0.493 e. The molecule has 98 valence electrons. The molecular weight excluding hydrogens is 222 g/mol. The van der Waals surface area contributed by atoms with Crippen LogP contribution in [0.4, 0.5) is 0 Å². The Balaban J connectivity index is 2.85. The summed E-state index contributed by atoms with van der Waals surface area (Å²) in [5.41, 5.74) is 0.739. The van der Waals surface area contributed by atoms with Gasteiger partial charge in [-0.15, -0.1) is 0 Å². The summed E-state index contributed by atoms with van der Waals surface area (Å²) in [6, 6.07) is 10.4. The van der Waals surface area contributed by atoms with Crippen molar-refractivity contribution in [2.75, 3.05) is 6.61 Å². The number of benzene rings is 1. The van der Waals surface area contributed by atoms with Gasteiger partial charge in [-0.3, -0.25) is 0 Å². The molecule has 0 saturated heterocycles. The molecule has 0 aliphatic carbocycles. The van der Waals surface area contributed by atoms with Crippen LogP contribution < -0.4 is 4.74 Å². The molecule has 1 aromatic rings. The molecule has 1 rings (SSSR count). The summed E-state index contributed by atoms with van der Waals surface area (Å²) in [5.74, 6) is 1.40. The Bertz CT molecular complexity index is 396. The van der Waals surface area contributed by atoms with Gasteiger partial charge < -0.3 is 4.74 Å². The number of rotatable bonds is 6. The Morgan fingerprint density at radius 1 is 1.17 bits per heavy atom. The minimum absolute atomic E-state index is 0.351. The maximum atomic E-state index is 9.39. The first-order valence-electron chi connectivity index (χ1n) is 6.72. The van der Waals surface area contributed by atoms with E-state index in [2.05, 4.69) is 33.8 Å². The van der Waals surface area contributed by atoms with Gasteiger partial charge in [0, 0.05) is 0 Å². The molecule has 18 heavy (non-hydrogen) atoms. The van der Waals surface area contributed by atoms with E-state index in [-0.39, 0.29) is 5.41 Å². The second kappa shape index (κ2) is 6.44. The van der Waals surface area contributed by atoms with Gasteiger partial charge in [-0.2, -0.15) is 5.26 Å². The highest BCUT2D eigenvalue weighted by Gasteiger charge is 2.27. The predicted octanol–water partition coefficient (Wildman–Crippen LogP) is 4.30. The summed E-state index contributed by atoms with van der Waals surface area (Å²) in [4.78, 5) is 0. The Morgan fingerprint density at radius 3 is 2.11 bits per heavy atom. The van der Waals surface area contributed by atoms with Crippen LogP contribution in [0.3, 0.4) is 0 Å². The molecule has 2 heteroatoms. The van der Waals surface area contributed by atoms with Gasteiger partial charge in [0.2, 0.25) is 0 Å². The zero-order valence-electron chi connectivity index (χ0n) is 11.9. The topological polar surface area (TPSA) is 33.0 Å². The van der Waals surface area contributed by atoms with Crippen LogP contribution in [-0.2, 0) is 5.41 Å². The highest BCUT2D eigenvalue weighted by Crippen LogP contribution is 2.31. The molecule has 0 heterocycles. The van der Waals surface area contributed by atoms with E-state index >= 15 is 0 Å². The Labute approximate surface area is 111 Å². The van der Waals surface area contributed by atoms with Gasteiger partial charge >= 0.3 is 0 Å². The number of hydrogen-bond acceptors (Lipinski definition) is 2. The van der Waals surface area contributed by atoms with E-state index < -0.39 is 0 Å². The highest BCUT2D eigenvalue weighted by molar-refractivity contribution is 5.36. The van der Waals surface area contributed by atoms with Crippen LogP contribution in [0.5, 0.6) is 5.75 Å². The van der Waals surface area contributed by atoms with Gasteiger partial charge in [0.15, 0.2) is 0 Å².